The summed E-state index contributed by atoms with van der Waals surface area (Å²) in [6, 6.07) is 14.7. The van der Waals surface area contributed by atoms with Gasteiger partial charge in [0.15, 0.2) is 0 Å². The van der Waals surface area contributed by atoms with Crippen molar-refractivity contribution in [3.63, 3.8) is 0 Å². The summed E-state index contributed by atoms with van der Waals surface area (Å²) in [5.74, 6) is -0.127. The first kappa shape index (κ1) is 21.1. The van der Waals surface area contributed by atoms with Crippen LogP contribution in [0.5, 0.6) is 0 Å². The third-order valence-corrected chi connectivity index (χ3v) is 5.87. The molecule has 1 aliphatic heterocycles. The minimum atomic E-state index is -0.274. The number of nitrogens with one attached hydrogen (secondary N) is 3. The van der Waals surface area contributed by atoms with Crippen LogP contribution < -0.4 is 16.0 Å². The van der Waals surface area contributed by atoms with E-state index >= 15 is 0 Å². The van der Waals surface area contributed by atoms with Crippen molar-refractivity contribution in [1.82, 2.24) is 10.2 Å². The second-order valence-corrected chi connectivity index (χ2v) is 8.44. The van der Waals surface area contributed by atoms with E-state index in [9.17, 15) is 14.4 Å². The van der Waals surface area contributed by atoms with Crippen molar-refractivity contribution in [2.75, 3.05) is 30.3 Å². The zero-order valence-electron chi connectivity index (χ0n) is 17.7. The maximum absolute atomic E-state index is 12.7. The van der Waals surface area contributed by atoms with Crippen LogP contribution in [0.25, 0.3) is 0 Å². The fourth-order valence-electron chi connectivity index (χ4n) is 3.88. The van der Waals surface area contributed by atoms with Gasteiger partial charge in [0.05, 0.1) is 23.8 Å². The summed E-state index contributed by atoms with van der Waals surface area (Å²) in [5.41, 5.74) is 2.65. The first-order valence-electron chi connectivity index (χ1n) is 10.8. The van der Waals surface area contributed by atoms with E-state index < -0.39 is 0 Å². The molecule has 1 saturated carbocycles. The second-order valence-electron chi connectivity index (χ2n) is 8.44. The van der Waals surface area contributed by atoms with Crippen LogP contribution in [0, 0.1) is 12.8 Å². The summed E-state index contributed by atoms with van der Waals surface area (Å²) >= 11 is 0. The highest BCUT2D eigenvalue weighted by atomic mass is 16.2. The van der Waals surface area contributed by atoms with Crippen molar-refractivity contribution in [2.45, 2.75) is 32.2 Å². The largest absolute Gasteiger partial charge is 0.351 e. The normalized spacial score (nSPS) is 16.7. The fourth-order valence-corrected chi connectivity index (χ4v) is 3.88. The van der Waals surface area contributed by atoms with E-state index in [1.165, 1.54) is 0 Å². The standard InChI is InChI=1S/C24H28N4O3/c1-16-6-4-9-18(12-16)25-24(31)20-10-2-3-11-21(20)27-22(29)15-28-13-19(14-28)26-23(30)17-7-5-8-17/h2-4,6,9-12,17,19H,5,7-8,13-15H2,1H3,(H,25,31)(H,26,30)(H,27,29). The van der Waals surface area contributed by atoms with Gasteiger partial charge < -0.3 is 16.0 Å². The van der Waals surface area contributed by atoms with Gasteiger partial charge in [-0.3, -0.25) is 19.3 Å². The van der Waals surface area contributed by atoms with Gasteiger partial charge in [-0.15, -0.1) is 0 Å². The van der Waals surface area contributed by atoms with Crippen molar-refractivity contribution in [2.24, 2.45) is 5.92 Å². The van der Waals surface area contributed by atoms with Gasteiger partial charge in [0.1, 0.15) is 0 Å². The summed E-state index contributed by atoms with van der Waals surface area (Å²) in [6.45, 7) is 3.52. The molecule has 1 heterocycles. The Bertz CT molecular complexity index is 980. The number of hydrogen-bond acceptors (Lipinski definition) is 4. The van der Waals surface area contributed by atoms with Crippen LogP contribution in [-0.4, -0.2) is 48.3 Å². The van der Waals surface area contributed by atoms with E-state index in [1.54, 1.807) is 24.3 Å². The van der Waals surface area contributed by atoms with Gasteiger partial charge >= 0.3 is 0 Å². The van der Waals surface area contributed by atoms with E-state index in [1.807, 2.05) is 36.1 Å². The van der Waals surface area contributed by atoms with Crippen molar-refractivity contribution in [3.8, 4) is 0 Å². The topological polar surface area (TPSA) is 90.5 Å². The minimum absolute atomic E-state index is 0.119. The number of anilines is 2. The van der Waals surface area contributed by atoms with Crippen molar-refractivity contribution < 1.29 is 14.4 Å². The van der Waals surface area contributed by atoms with Crippen LogP contribution >= 0.6 is 0 Å². The molecule has 0 bridgehead atoms. The lowest BCUT2D eigenvalue weighted by atomic mass is 9.84. The van der Waals surface area contributed by atoms with Crippen LogP contribution in [-0.2, 0) is 9.59 Å². The molecule has 1 aliphatic carbocycles. The van der Waals surface area contributed by atoms with E-state index in [2.05, 4.69) is 16.0 Å². The Kier molecular flexibility index (Phi) is 6.32. The van der Waals surface area contributed by atoms with E-state index in [0.29, 0.717) is 30.0 Å². The predicted octanol–water partition coefficient (Wildman–Crippen LogP) is 2.79. The van der Waals surface area contributed by atoms with E-state index in [4.69, 9.17) is 0 Å². The second kappa shape index (κ2) is 9.31. The SMILES string of the molecule is Cc1cccc(NC(=O)c2ccccc2NC(=O)CN2CC(NC(=O)C3CCC3)C2)c1. The number of rotatable bonds is 7. The lowest BCUT2D eigenvalue weighted by Gasteiger charge is -2.40. The number of benzene rings is 2. The molecule has 2 aromatic carbocycles. The molecular formula is C24H28N4O3. The van der Waals surface area contributed by atoms with Crippen molar-refractivity contribution in [1.29, 1.82) is 0 Å². The summed E-state index contributed by atoms with van der Waals surface area (Å²) in [6.07, 6.45) is 3.11. The van der Waals surface area contributed by atoms with Gasteiger partial charge in [-0.05, 0) is 49.6 Å². The van der Waals surface area contributed by atoms with Crippen molar-refractivity contribution in [3.05, 3.63) is 59.7 Å². The Balaban J connectivity index is 1.28. The molecule has 3 amide bonds. The summed E-state index contributed by atoms with van der Waals surface area (Å²) in [4.78, 5) is 39.2. The van der Waals surface area contributed by atoms with Gasteiger partial charge in [-0.25, -0.2) is 0 Å². The lowest BCUT2D eigenvalue weighted by molar-refractivity contribution is -0.129. The number of aryl methyl sites for hydroxylation is 1. The zero-order chi connectivity index (χ0) is 21.8. The Morgan fingerprint density at radius 2 is 1.77 bits per heavy atom. The molecule has 0 atom stereocenters. The molecule has 162 valence electrons. The predicted molar refractivity (Wildman–Crippen MR) is 120 cm³/mol. The monoisotopic (exact) mass is 420 g/mol. The summed E-state index contributed by atoms with van der Waals surface area (Å²) in [7, 11) is 0. The Morgan fingerprint density at radius 3 is 2.48 bits per heavy atom. The first-order valence-corrected chi connectivity index (χ1v) is 10.8. The molecule has 7 nitrogen and oxygen atoms in total. The molecule has 0 aromatic heterocycles. The molecule has 0 radical (unpaired) electrons. The molecule has 1 saturated heterocycles. The summed E-state index contributed by atoms with van der Waals surface area (Å²) < 4.78 is 0. The molecule has 7 heteroatoms. The first-order chi connectivity index (χ1) is 15.0. The third-order valence-electron chi connectivity index (χ3n) is 5.87. The number of amides is 3. The molecule has 31 heavy (non-hydrogen) atoms. The average molecular weight is 421 g/mol. The molecule has 3 N–H and O–H groups in total. The van der Waals surface area contributed by atoms with Gasteiger partial charge in [0.2, 0.25) is 11.8 Å². The number of para-hydroxylation sites is 1. The van der Waals surface area contributed by atoms with Gasteiger partial charge in [-0.2, -0.15) is 0 Å². The number of likely N-dealkylation sites (tertiary alicyclic amines) is 1. The van der Waals surface area contributed by atoms with Gasteiger partial charge in [0.25, 0.3) is 5.91 Å². The Hall–Kier alpha value is -3.19. The molecule has 4 rings (SSSR count). The third kappa shape index (κ3) is 5.30. The fraction of sp³-hybridized carbons (Fsp3) is 0.375. The molecule has 2 aromatic rings. The highest BCUT2D eigenvalue weighted by Crippen LogP contribution is 2.26. The number of nitrogens with zero attached hydrogens (tertiary/aromatic N) is 1. The number of carbonyl (C=O) groups excluding carboxylic acids is 3. The molecule has 0 spiro atoms. The number of hydrogen-bond donors (Lipinski definition) is 3. The smallest absolute Gasteiger partial charge is 0.257 e. The van der Waals surface area contributed by atoms with Crippen molar-refractivity contribution >= 4 is 29.1 Å². The Morgan fingerprint density at radius 1 is 1.00 bits per heavy atom. The summed E-state index contributed by atoms with van der Waals surface area (Å²) in [5, 5.41) is 8.79. The zero-order valence-corrected chi connectivity index (χ0v) is 17.7. The molecule has 2 fully saturated rings. The van der Waals surface area contributed by atoms with Crippen LogP contribution in [0.4, 0.5) is 11.4 Å². The van der Waals surface area contributed by atoms with E-state index in [-0.39, 0.29) is 36.2 Å². The van der Waals surface area contributed by atoms with Crippen LogP contribution in [0.2, 0.25) is 0 Å². The average Bonchev–Trinajstić information content (AvgIpc) is 2.65. The highest BCUT2D eigenvalue weighted by molar-refractivity contribution is 6.10. The molecule has 2 aliphatic rings. The van der Waals surface area contributed by atoms with Gasteiger partial charge in [0, 0.05) is 24.7 Å². The van der Waals surface area contributed by atoms with Crippen LogP contribution in [0.3, 0.4) is 0 Å². The maximum Gasteiger partial charge on any atom is 0.257 e. The van der Waals surface area contributed by atoms with E-state index in [0.717, 1.165) is 24.8 Å². The lowest BCUT2D eigenvalue weighted by Crippen LogP contribution is -2.61. The quantitative estimate of drug-likeness (QED) is 0.643. The van der Waals surface area contributed by atoms with Crippen LogP contribution in [0.1, 0.15) is 35.2 Å². The number of carbonyl (C=O) groups is 3. The highest BCUT2D eigenvalue weighted by Gasteiger charge is 2.33. The molecular weight excluding hydrogens is 392 g/mol. The van der Waals surface area contributed by atoms with Crippen LogP contribution in [0.15, 0.2) is 48.5 Å². The maximum atomic E-state index is 12.7. The molecule has 0 unspecified atom stereocenters. The Labute approximate surface area is 182 Å². The van der Waals surface area contributed by atoms with Gasteiger partial charge in [-0.1, -0.05) is 30.7 Å². The minimum Gasteiger partial charge on any atom is -0.351 e.